The fourth-order valence-corrected chi connectivity index (χ4v) is 1.39. The summed E-state index contributed by atoms with van der Waals surface area (Å²) in [6, 6.07) is 3.14. The molecule has 0 unspecified atom stereocenters. The Labute approximate surface area is 88.5 Å². The van der Waals surface area contributed by atoms with E-state index in [1.165, 1.54) is 6.07 Å². The van der Waals surface area contributed by atoms with Gasteiger partial charge in [0.15, 0.2) is 0 Å². The van der Waals surface area contributed by atoms with Crippen molar-refractivity contribution in [1.29, 1.82) is 0 Å². The van der Waals surface area contributed by atoms with Crippen molar-refractivity contribution in [2.75, 3.05) is 17.6 Å². The van der Waals surface area contributed by atoms with Gasteiger partial charge < -0.3 is 11.1 Å². The van der Waals surface area contributed by atoms with E-state index >= 15 is 0 Å². The lowest BCUT2D eigenvalue weighted by molar-refractivity contribution is 0.616. The van der Waals surface area contributed by atoms with E-state index in [2.05, 4.69) is 5.32 Å². The lowest BCUT2D eigenvalue weighted by Crippen LogP contribution is -1.92. The minimum absolute atomic E-state index is 0. The van der Waals surface area contributed by atoms with Gasteiger partial charge in [-0.2, -0.15) is 0 Å². The van der Waals surface area contributed by atoms with Crippen molar-refractivity contribution in [1.82, 2.24) is 0 Å². The molecule has 1 aromatic carbocycles. The molecule has 0 spiro atoms. The smallest absolute Gasteiger partial charge is 0.130 e. The maximum Gasteiger partial charge on any atom is 0.130 e. The van der Waals surface area contributed by atoms with Crippen LogP contribution in [0.3, 0.4) is 0 Å². The first kappa shape index (κ1) is 12.3. The van der Waals surface area contributed by atoms with Crippen LogP contribution in [-0.4, -0.2) is 6.54 Å². The molecule has 0 saturated carbocycles. The molecule has 1 aromatic rings. The molecule has 5 heteroatoms. The molecule has 1 heterocycles. The average Bonchev–Trinajstić information content (AvgIpc) is 2.34. The average molecular weight is 225 g/mol. The molecule has 0 bridgehead atoms. The highest BCUT2D eigenvalue weighted by Crippen LogP contribution is 2.27. The van der Waals surface area contributed by atoms with Gasteiger partial charge in [0.05, 0.1) is 0 Å². The number of anilines is 2. The van der Waals surface area contributed by atoms with E-state index in [1.54, 1.807) is 6.07 Å². The Balaban J connectivity index is 0.000000720. The van der Waals surface area contributed by atoms with Gasteiger partial charge in [-0.3, -0.25) is 0 Å². The second kappa shape index (κ2) is 4.53. The van der Waals surface area contributed by atoms with Crippen molar-refractivity contribution in [3.63, 3.8) is 0 Å². The van der Waals surface area contributed by atoms with Gasteiger partial charge in [0.2, 0.25) is 0 Å². The van der Waals surface area contributed by atoms with Crippen LogP contribution < -0.4 is 11.1 Å². The zero-order chi connectivity index (χ0) is 7.84. The van der Waals surface area contributed by atoms with Gasteiger partial charge in [0.25, 0.3) is 0 Å². The summed E-state index contributed by atoms with van der Waals surface area (Å²) in [6.07, 6.45) is 0.765. The summed E-state index contributed by atoms with van der Waals surface area (Å²) in [4.78, 5) is 0. The van der Waals surface area contributed by atoms with Gasteiger partial charge in [0, 0.05) is 23.5 Å². The van der Waals surface area contributed by atoms with Crippen LogP contribution in [0.1, 0.15) is 5.56 Å². The third-order valence-corrected chi connectivity index (χ3v) is 1.91. The zero-order valence-corrected chi connectivity index (χ0v) is 8.47. The maximum atomic E-state index is 13.0. The SMILES string of the molecule is Cl.Cl.Nc1cc(F)c2c(c1)NCC2. The summed E-state index contributed by atoms with van der Waals surface area (Å²) in [7, 11) is 0. The van der Waals surface area contributed by atoms with Crippen LogP contribution in [0, 0.1) is 5.82 Å². The standard InChI is InChI=1S/C8H9FN2.2ClH/c9-7-3-5(10)4-8-6(7)1-2-11-8;;/h3-4,11H,1-2,10H2;2*1H. The molecule has 0 aromatic heterocycles. The van der Waals surface area contributed by atoms with Crippen LogP contribution in [0.2, 0.25) is 0 Å². The summed E-state index contributed by atoms with van der Waals surface area (Å²) >= 11 is 0. The number of benzene rings is 1. The molecule has 0 saturated heterocycles. The Morgan fingerprint density at radius 1 is 1.31 bits per heavy atom. The molecule has 2 rings (SSSR count). The highest BCUT2D eigenvalue weighted by atomic mass is 35.5. The molecule has 3 N–H and O–H groups in total. The number of nitrogens with one attached hydrogen (secondary N) is 1. The second-order valence-electron chi connectivity index (χ2n) is 2.71. The van der Waals surface area contributed by atoms with Crippen molar-refractivity contribution < 1.29 is 4.39 Å². The lowest BCUT2D eigenvalue weighted by atomic mass is 10.1. The number of rotatable bonds is 0. The van der Waals surface area contributed by atoms with Gasteiger partial charge >= 0.3 is 0 Å². The van der Waals surface area contributed by atoms with E-state index < -0.39 is 0 Å². The number of hydrogen-bond donors (Lipinski definition) is 2. The van der Waals surface area contributed by atoms with Crippen molar-refractivity contribution in [2.45, 2.75) is 6.42 Å². The lowest BCUT2D eigenvalue weighted by Gasteiger charge is -2.01. The second-order valence-corrected chi connectivity index (χ2v) is 2.71. The van der Waals surface area contributed by atoms with Crippen molar-refractivity contribution in [3.8, 4) is 0 Å². The third kappa shape index (κ3) is 2.17. The Morgan fingerprint density at radius 3 is 2.69 bits per heavy atom. The molecular formula is C8H11Cl2FN2. The Kier molecular flexibility index (Phi) is 4.30. The zero-order valence-electron chi connectivity index (χ0n) is 6.84. The molecule has 0 radical (unpaired) electrons. The fourth-order valence-electron chi connectivity index (χ4n) is 1.39. The number of halogens is 3. The van der Waals surface area contributed by atoms with E-state index in [1.807, 2.05) is 0 Å². The first-order chi connectivity index (χ1) is 5.27. The molecule has 1 aliphatic heterocycles. The van der Waals surface area contributed by atoms with Crippen molar-refractivity contribution in [3.05, 3.63) is 23.5 Å². The molecular weight excluding hydrogens is 214 g/mol. The van der Waals surface area contributed by atoms with Crippen LogP contribution >= 0.6 is 24.8 Å². The van der Waals surface area contributed by atoms with Gasteiger partial charge in [-0.15, -0.1) is 24.8 Å². The third-order valence-electron chi connectivity index (χ3n) is 1.91. The minimum atomic E-state index is -0.190. The van der Waals surface area contributed by atoms with Crippen LogP contribution in [0.15, 0.2) is 12.1 Å². The van der Waals surface area contributed by atoms with E-state index in [0.717, 1.165) is 24.2 Å². The predicted molar refractivity (Wildman–Crippen MR) is 57.5 cm³/mol. The van der Waals surface area contributed by atoms with Crippen LogP contribution in [0.5, 0.6) is 0 Å². The quantitative estimate of drug-likeness (QED) is 0.664. The first-order valence-electron chi connectivity index (χ1n) is 3.59. The Bertz CT molecular complexity index is 304. The van der Waals surface area contributed by atoms with Gasteiger partial charge in [-0.05, 0) is 18.6 Å². The van der Waals surface area contributed by atoms with Crippen molar-refractivity contribution >= 4 is 36.2 Å². The highest BCUT2D eigenvalue weighted by molar-refractivity contribution is 5.85. The summed E-state index contributed by atoms with van der Waals surface area (Å²) in [6.45, 7) is 0.815. The molecule has 1 aliphatic rings. The minimum Gasteiger partial charge on any atom is -0.399 e. The monoisotopic (exact) mass is 224 g/mol. The fraction of sp³-hybridized carbons (Fsp3) is 0.250. The molecule has 2 nitrogen and oxygen atoms in total. The number of nitrogen functional groups attached to an aromatic ring is 1. The van der Waals surface area contributed by atoms with Gasteiger partial charge in [-0.1, -0.05) is 0 Å². The van der Waals surface area contributed by atoms with Crippen LogP contribution in [0.4, 0.5) is 15.8 Å². The summed E-state index contributed by atoms with van der Waals surface area (Å²) in [5.41, 5.74) is 7.55. The van der Waals surface area contributed by atoms with Crippen LogP contribution in [0.25, 0.3) is 0 Å². The maximum absolute atomic E-state index is 13.0. The summed E-state index contributed by atoms with van der Waals surface area (Å²) in [5.74, 6) is -0.190. The molecule has 0 fully saturated rings. The van der Waals surface area contributed by atoms with Crippen LogP contribution in [-0.2, 0) is 6.42 Å². The molecule has 74 valence electrons. The highest BCUT2D eigenvalue weighted by Gasteiger charge is 2.14. The normalized spacial score (nSPS) is 12.1. The molecule has 0 amide bonds. The topological polar surface area (TPSA) is 38.0 Å². The Hall–Kier alpha value is -0.670. The Morgan fingerprint density at radius 2 is 2.00 bits per heavy atom. The first-order valence-corrected chi connectivity index (χ1v) is 3.59. The molecule has 0 aliphatic carbocycles. The van der Waals surface area contributed by atoms with Gasteiger partial charge in [0.1, 0.15) is 5.82 Å². The van der Waals surface area contributed by atoms with E-state index in [0.29, 0.717) is 5.69 Å². The van der Waals surface area contributed by atoms with E-state index in [4.69, 9.17) is 5.73 Å². The van der Waals surface area contributed by atoms with E-state index in [-0.39, 0.29) is 30.6 Å². The van der Waals surface area contributed by atoms with E-state index in [9.17, 15) is 4.39 Å². The number of hydrogen-bond acceptors (Lipinski definition) is 2. The predicted octanol–water partition coefficient (Wildman–Crippen LogP) is 2.22. The van der Waals surface area contributed by atoms with Crippen molar-refractivity contribution in [2.24, 2.45) is 0 Å². The molecule has 13 heavy (non-hydrogen) atoms. The number of nitrogens with two attached hydrogens (primary N) is 1. The molecule has 0 atom stereocenters. The largest absolute Gasteiger partial charge is 0.399 e. The number of fused-ring (bicyclic) bond motifs is 1. The summed E-state index contributed by atoms with van der Waals surface area (Å²) < 4.78 is 13.0. The van der Waals surface area contributed by atoms with Gasteiger partial charge in [-0.25, -0.2) is 4.39 Å². The summed E-state index contributed by atoms with van der Waals surface area (Å²) in [5, 5.41) is 3.06.